The summed E-state index contributed by atoms with van der Waals surface area (Å²) in [5.41, 5.74) is 1.52. The molecule has 0 unspecified atom stereocenters. The van der Waals surface area contributed by atoms with Crippen molar-refractivity contribution in [1.82, 2.24) is 14.6 Å². The zero-order valence-electron chi connectivity index (χ0n) is 16.6. The van der Waals surface area contributed by atoms with Crippen LogP contribution in [0.25, 0.3) is 22.0 Å². The van der Waals surface area contributed by atoms with Crippen molar-refractivity contribution in [3.8, 4) is 22.0 Å². The Hall–Kier alpha value is -2.49. The second-order valence-corrected chi connectivity index (χ2v) is 10.3. The van der Waals surface area contributed by atoms with Crippen molar-refractivity contribution in [2.45, 2.75) is 12.8 Å². The number of carbonyl (C=O) groups is 1. The minimum atomic E-state index is -3.25. The van der Waals surface area contributed by atoms with E-state index in [0.29, 0.717) is 41.0 Å². The monoisotopic (exact) mass is 445 g/mol. The number of likely N-dealkylation sites (tertiary alicyclic amines) is 1. The van der Waals surface area contributed by atoms with E-state index in [2.05, 4.69) is 4.72 Å². The molecule has 3 aromatic rings. The van der Waals surface area contributed by atoms with Gasteiger partial charge in [0.2, 0.25) is 10.0 Å². The van der Waals surface area contributed by atoms with E-state index < -0.39 is 10.0 Å². The van der Waals surface area contributed by atoms with Crippen LogP contribution in [-0.4, -0.2) is 50.1 Å². The number of piperidine rings is 1. The van der Waals surface area contributed by atoms with E-state index in [1.165, 1.54) is 11.3 Å². The number of amides is 1. The van der Waals surface area contributed by atoms with Gasteiger partial charge >= 0.3 is 0 Å². The SMILES string of the molecule is CS(=O)(=O)NC[C@@H]1CCCN(C(=O)c2sc(-c3ccco3)nc2-c2ccccc2)C1. The average molecular weight is 446 g/mol. The topological polar surface area (TPSA) is 92.5 Å². The Kier molecular flexibility index (Phi) is 6.03. The molecule has 0 aliphatic carbocycles. The Bertz CT molecular complexity index is 1110. The Balaban J connectivity index is 1.61. The van der Waals surface area contributed by atoms with E-state index in [1.807, 2.05) is 41.3 Å². The van der Waals surface area contributed by atoms with E-state index in [-0.39, 0.29) is 11.8 Å². The molecular weight excluding hydrogens is 422 g/mol. The van der Waals surface area contributed by atoms with Gasteiger partial charge in [-0.15, -0.1) is 11.3 Å². The number of hydrogen-bond donors (Lipinski definition) is 1. The van der Waals surface area contributed by atoms with Gasteiger partial charge in [-0.25, -0.2) is 18.1 Å². The highest BCUT2D eigenvalue weighted by atomic mass is 32.2. The molecule has 1 atom stereocenters. The molecule has 158 valence electrons. The van der Waals surface area contributed by atoms with Gasteiger partial charge in [-0.3, -0.25) is 4.79 Å². The molecule has 2 aromatic heterocycles. The molecule has 1 aliphatic rings. The largest absolute Gasteiger partial charge is 0.462 e. The van der Waals surface area contributed by atoms with Gasteiger partial charge < -0.3 is 9.32 Å². The standard InChI is InChI=1S/C21H23N3O4S2/c1-30(26,27)22-13-15-7-5-11-24(14-15)21(25)19-18(16-8-3-2-4-9-16)23-20(29-19)17-10-6-12-28-17/h2-4,6,8-10,12,15,22H,5,7,11,13-14H2,1H3/t15-/m0/s1. The molecular formula is C21H23N3O4S2. The Morgan fingerprint density at radius 2 is 2.07 bits per heavy atom. The predicted octanol–water partition coefficient (Wildman–Crippen LogP) is 3.47. The smallest absolute Gasteiger partial charge is 0.266 e. The third kappa shape index (κ3) is 4.80. The number of nitrogens with one attached hydrogen (secondary N) is 1. The number of rotatable bonds is 6. The van der Waals surface area contributed by atoms with Crippen LogP contribution in [0.1, 0.15) is 22.5 Å². The number of aromatic nitrogens is 1. The second kappa shape index (κ2) is 8.71. The summed E-state index contributed by atoms with van der Waals surface area (Å²) in [6.45, 7) is 1.51. The second-order valence-electron chi connectivity index (χ2n) is 7.42. The lowest BCUT2D eigenvalue weighted by atomic mass is 9.98. The highest BCUT2D eigenvalue weighted by molar-refractivity contribution is 7.88. The summed E-state index contributed by atoms with van der Waals surface area (Å²) in [6, 6.07) is 13.3. The van der Waals surface area contributed by atoms with Crippen LogP contribution in [0, 0.1) is 5.92 Å². The molecule has 30 heavy (non-hydrogen) atoms. The first-order valence-corrected chi connectivity index (χ1v) is 12.5. The maximum atomic E-state index is 13.5. The lowest BCUT2D eigenvalue weighted by molar-refractivity contribution is 0.0682. The molecule has 1 aliphatic heterocycles. The zero-order valence-corrected chi connectivity index (χ0v) is 18.2. The van der Waals surface area contributed by atoms with Crippen molar-refractivity contribution in [2.24, 2.45) is 5.92 Å². The molecule has 0 saturated carbocycles. The fraction of sp³-hybridized carbons (Fsp3) is 0.333. The highest BCUT2D eigenvalue weighted by Crippen LogP contribution is 2.35. The van der Waals surface area contributed by atoms with E-state index in [0.717, 1.165) is 24.7 Å². The number of sulfonamides is 1. The molecule has 1 aromatic carbocycles. The quantitative estimate of drug-likeness (QED) is 0.627. The number of furan rings is 1. The maximum absolute atomic E-state index is 13.5. The number of hydrogen-bond acceptors (Lipinski definition) is 6. The molecule has 0 radical (unpaired) electrons. The van der Waals surface area contributed by atoms with Gasteiger partial charge in [0.15, 0.2) is 10.8 Å². The molecule has 1 saturated heterocycles. The normalized spacial score (nSPS) is 17.2. The summed E-state index contributed by atoms with van der Waals surface area (Å²) >= 11 is 1.33. The molecule has 1 fully saturated rings. The highest BCUT2D eigenvalue weighted by Gasteiger charge is 2.29. The number of carbonyl (C=O) groups excluding carboxylic acids is 1. The van der Waals surface area contributed by atoms with Gasteiger partial charge in [0, 0.05) is 25.2 Å². The van der Waals surface area contributed by atoms with E-state index >= 15 is 0 Å². The predicted molar refractivity (Wildman–Crippen MR) is 117 cm³/mol. The average Bonchev–Trinajstić information content (AvgIpc) is 3.42. The summed E-state index contributed by atoms with van der Waals surface area (Å²) < 4.78 is 30.9. The minimum Gasteiger partial charge on any atom is -0.462 e. The van der Waals surface area contributed by atoms with Gasteiger partial charge in [0.25, 0.3) is 5.91 Å². The van der Waals surface area contributed by atoms with Gasteiger partial charge in [-0.2, -0.15) is 0 Å². The number of thiazole rings is 1. The summed E-state index contributed by atoms with van der Waals surface area (Å²) in [5, 5.41) is 0.662. The van der Waals surface area contributed by atoms with Crippen molar-refractivity contribution >= 4 is 27.3 Å². The van der Waals surface area contributed by atoms with Crippen LogP contribution in [0.3, 0.4) is 0 Å². The zero-order chi connectivity index (χ0) is 21.1. The Labute approximate surface area is 179 Å². The van der Waals surface area contributed by atoms with Crippen molar-refractivity contribution in [3.63, 3.8) is 0 Å². The fourth-order valence-electron chi connectivity index (χ4n) is 3.59. The summed E-state index contributed by atoms with van der Waals surface area (Å²) in [5.74, 6) is 0.647. The van der Waals surface area contributed by atoms with Crippen LogP contribution in [0.4, 0.5) is 0 Å². The molecule has 7 nitrogen and oxygen atoms in total. The Morgan fingerprint density at radius 1 is 1.27 bits per heavy atom. The van der Waals surface area contributed by atoms with Crippen LogP contribution in [0.2, 0.25) is 0 Å². The van der Waals surface area contributed by atoms with Crippen molar-refractivity contribution in [3.05, 3.63) is 53.6 Å². The summed E-state index contributed by atoms with van der Waals surface area (Å²) in [7, 11) is -3.25. The molecule has 0 spiro atoms. The molecule has 9 heteroatoms. The van der Waals surface area contributed by atoms with Gasteiger partial charge in [0.1, 0.15) is 4.88 Å². The number of nitrogens with zero attached hydrogens (tertiary/aromatic N) is 2. The lowest BCUT2D eigenvalue weighted by Gasteiger charge is -2.32. The molecule has 1 amide bonds. The van der Waals surface area contributed by atoms with Crippen LogP contribution in [0.5, 0.6) is 0 Å². The first kappa shape index (κ1) is 20.8. The fourth-order valence-corrected chi connectivity index (χ4v) is 5.15. The first-order chi connectivity index (χ1) is 14.4. The van der Waals surface area contributed by atoms with E-state index in [1.54, 1.807) is 12.3 Å². The summed E-state index contributed by atoms with van der Waals surface area (Å²) in [6.07, 6.45) is 4.47. The molecule has 3 heterocycles. The van der Waals surface area contributed by atoms with Crippen LogP contribution < -0.4 is 4.72 Å². The van der Waals surface area contributed by atoms with Gasteiger partial charge in [-0.05, 0) is 30.9 Å². The minimum absolute atomic E-state index is 0.0757. The lowest BCUT2D eigenvalue weighted by Crippen LogP contribution is -2.43. The molecule has 0 bridgehead atoms. The first-order valence-electron chi connectivity index (χ1n) is 9.75. The van der Waals surface area contributed by atoms with Gasteiger partial charge in [0.05, 0.1) is 18.2 Å². The van der Waals surface area contributed by atoms with Crippen LogP contribution in [0.15, 0.2) is 53.1 Å². The van der Waals surface area contributed by atoms with Crippen molar-refractivity contribution in [1.29, 1.82) is 0 Å². The van der Waals surface area contributed by atoms with Crippen molar-refractivity contribution in [2.75, 3.05) is 25.9 Å². The molecule has 1 N–H and O–H groups in total. The third-order valence-electron chi connectivity index (χ3n) is 5.04. The van der Waals surface area contributed by atoms with Crippen molar-refractivity contribution < 1.29 is 17.6 Å². The number of benzene rings is 1. The Morgan fingerprint density at radius 3 is 2.77 bits per heavy atom. The van der Waals surface area contributed by atoms with Crippen LogP contribution >= 0.6 is 11.3 Å². The van der Waals surface area contributed by atoms with Gasteiger partial charge in [-0.1, -0.05) is 30.3 Å². The molecule has 4 rings (SSSR count). The maximum Gasteiger partial charge on any atom is 0.266 e. The van der Waals surface area contributed by atoms with Crippen LogP contribution in [-0.2, 0) is 10.0 Å². The van der Waals surface area contributed by atoms with E-state index in [4.69, 9.17) is 9.40 Å². The third-order valence-corrected chi connectivity index (χ3v) is 6.79. The summed E-state index contributed by atoms with van der Waals surface area (Å²) in [4.78, 5) is 20.5. The van der Waals surface area contributed by atoms with E-state index in [9.17, 15) is 13.2 Å².